The van der Waals surface area contributed by atoms with E-state index < -0.39 is 67.1 Å². The van der Waals surface area contributed by atoms with Gasteiger partial charge in [0.15, 0.2) is 11.5 Å². The minimum Gasteiger partial charge on any atom is -0.504 e. The summed E-state index contributed by atoms with van der Waals surface area (Å²) in [6.45, 7) is 5.13. The van der Waals surface area contributed by atoms with Crippen molar-refractivity contribution in [3.63, 3.8) is 0 Å². The number of hydrogen-bond donors (Lipinski definition) is 7. The molecule has 2 aromatic carbocycles. The summed E-state index contributed by atoms with van der Waals surface area (Å²) in [4.78, 5) is 12.9. The van der Waals surface area contributed by atoms with Gasteiger partial charge in [-0.3, -0.25) is 4.79 Å². The van der Waals surface area contributed by atoms with Gasteiger partial charge in [0, 0.05) is 5.57 Å². The Balaban J connectivity index is 1.18. The lowest BCUT2D eigenvalue weighted by atomic mass is 9.83. The average Bonchev–Trinajstić information content (AvgIpc) is 3.66. The van der Waals surface area contributed by atoms with Gasteiger partial charge < -0.3 is 59.6 Å². The lowest BCUT2D eigenvalue weighted by molar-refractivity contribution is -0.155. The fraction of sp³-hybridized carbons (Fsp3) is 0.500. The second-order valence-electron chi connectivity index (χ2n) is 12.2. The van der Waals surface area contributed by atoms with Crippen molar-refractivity contribution in [2.75, 3.05) is 13.4 Å². The predicted molar refractivity (Wildman–Crippen MR) is 167 cm³/mol. The normalized spacial score (nSPS) is 32.2. The largest absolute Gasteiger partial charge is 0.504 e. The summed E-state index contributed by atoms with van der Waals surface area (Å²) >= 11 is 0. The molecule has 14 heteroatoms. The van der Waals surface area contributed by atoms with Crippen LogP contribution in [0.15, 0.2) is 53.6 Å². The Morgan fingerprint density at radius 2 is 1.67 bits per heavy atom. The van der Waals surface area contributed by atoms with Crippen molar-refractivity contribution in [3.05, 3.63) is 70.6 Å². The van der Waals surface area contributed by atoms with Gasteiger partial charge in [-0.2, -0.15) is 0 Å². The van der Waals surface area contributed by atoms with Crippen molar-refractivity contribution in [2.24, 2.45) is 0 Å². The first-order valence-corrected chi connectivity index (χ1v) is 15.7. The Bertz CT molecular complexity index is 1520. The Morgan fingerprint density at radius 3 is 2.38 bits per heavy atom. The van der Waals surface area contributed by atoms with Crippen LogP contribution >= 0.6 is 0 Å². The van der Waals surface area contributed by atoms with Gasteiger partial charge >= 0.3 is 0 Å². The molecule has 2 heterocycles. The number of phenols is 1. The highest BCUT2D eigenvalue weighted by atomic mass is 19.1. The minimum absolute atomic E-state index is 0.0494. The van der Waals surface area contributed by atoms with Gasteiger partial charge in [0.2, 0.25) is 12.2 Å². The van der Waals surface area contributed by atoms with Crippen LogP contribution in [0.1, 0.15) is 38.3 Å². The van der Waals surface area contributed by atoms with E-state index in [0.717, 1.165) is 12.0 Å². The smallest absolute Gasteiger partial charge is 0.247 e. The highest BCUT2D eigenvalue weighted by Crippen LogP contribution is 2.34. The monoisotopic (exact) mass is 675 g/mol. The lowest BCUT2D eigenvalue weighted by Crippen LogP contribution is -2.67. The Hall–Kier alpha value is -3.60. The third kappa shape index (κ3) is 7.66. The average molecular weight is 676 g/mol. The van der Waals surface area contributed by atoms with Crippen molar-refractivity contribution in [1.82, 2.24) is 5.32 Å². The van der Waals surface area contributed by atoms with E-state index in [1.807, 2.05) is 6.92 Å². The summed E-state index contributed by atoms with van der Waals surface area (Å²) in [6, 6.07) is 7.35. The molecule has 1 amide bonds. The maximum Gasteiger partial charge on any atom is 0.247 e. The van der Waals surface area contributed by atoms with Crippen molar-refractivity contribution in [3.8, 4) is 17.2 Å². The summed E-state index contributed by atoms with van der Waals surface area (Å²) in [7, 11) is 0. The molecule has 10 atom stereocenters. The van der Waals surface area contributed by atoms with Gasteiger partial charge in [-0.25, -0.2) is 4.39 Å². The molecule has 2 saturated heterocycles. The molecule has 2 aliphatic heterocycles. The maximum atomic E-state index is 13.6. The van der Waals surface area contributed by atoms with E-state index in [1.54, 1.807) is 19.1 Å². The topological polar surface area (TPSA) is 197 Å². The van der Waals surface area contributed by atoms with Crippen molar-refractivity contribution >= 4 is 12.0 Å². The zero-order chi connectivity index (χ0) is 34.7. The van der Waals surface area contributed by atoms with E-state index in [0.29, 0.717) is 23.3 Å². The summed E-state index contributed by atoms with van der Waals surface area (Å²) < 4.78 is 41.5. The number of aromatic hydroxyl groups is 1. The number of hydrogen-bond acceptors (Lipinski definition) is 12. The van der Waals surface area contributed by atoms with Crippen molar-refractivity contribution in [2.45, 2.75) is 94.8 Å². The van der Waals surface area contributed by atoms with Gasteiger partial charge in [-0.15, -0.1) is 0 Å². The highest BCUT2D eigenvalue weighted by molar-refractivity contribution is 5.97. The first kappa shape index (κ1) is 35.7. The number of phenolic OH excluding ortho intramolecular Hbond substituents is 1. The SMILES string of the molecule is CCCc1cc(F)ccc1OCC=C(C)[C@H]1O[C@@H](Oc2ccc(C=C(C)C(=O)N[C@@H]3[C@H](O)[C@@H](O)[C@H]4OCO[C@H]4[C@@H]3O)cc2O)[C@@H](O)[C@@H]1O. The Kier molecular flexibility index (Phi) is 11.4. The molecule has 0 spiro atoms. The predicted octanol–water partition coefficient (Wildman–Crippen LogP) is 1.06. The van der Waals surface area contributed by atoms with Crippen LogP contribution in [-0.2, 0) is 25.4 Å². The molecule has 2 aromatic rings. The van der Waals surface area contributed by atoms with Gasteiger partial charge in [-0.1, -0.05) is 19.4 Å². The minimum atomic E-state index is -1.50. The van der Waals surface area contributed by atoms with E-state index in [4.69, 9.17) is 23.7 Å². The fourth-order valence-corrected chi connectivity index (χ4v) is 6.04. The number of benzene rings is 2. The number of amides is 1. The zero-order valence-corrected chi connectivity index (χ0v) is 26.7. The van der Waals surface area contributed by atoms with Crippen molar-refractivity contribution < 1.29 is 63.5 Å². The van der Waals surface area contributed by atoms with Gasteiger partial charge in [0.05, 0.1) is 6.04 Å². The van der Waals surface area contributed by atoms with E-state index in [9.17, 15) is 39.8 Å². The third-order valence-electron chi connectivity index (χ3n) is 8.72. The highest BCUT2D eigenvalue weighted by Gasteiger charge is 2.53. The number of aliphatic hydroxyl groups excluding tert-OH is 5. The van der Waals surface area contributed by atoms with Crippen LogP contribution < -0.4 is 14.8 Å². The van der Waals surface area contributed by atoms with Gasteiger partial charge in [0.25, 0.3) is 0 Å². The molecule has 0 aromatic heterocycles. The molecule has 0 bridgehead atoms. The van der Waals surface area contributed by atoms with E-state index >= 15 is 0 Å². The molecule has 3 aliphatic rings. The van der Waals surface area contributed by atoms with Crippen LogP contribution in [0.2, 0.25) is 0 Å². The second kappa shape index (κ2) is 15.3. The number of carbonyl (C=O) groups is 1. The molecule has 13 nitrogen and oxygen atoms in total. The van der Waals surface area contributed by atoms with Gasteiger partial charge in [0.1, 0.15) is 73.8 Å². The molecular formula is C34H42FNO12. The number of carbonyl (C=O) groups excluding carboxylic acids is 1. The number of nitrogens with one attached hydrogen (secondary N) is 1. The number of aryl methyl sites for hydroxylation is 1. The number of aliphatic hydroxyl groups is 5. The number of halogens is 1. The summed E-state index contributed by atoms with van der Waals surface area (Å²) in [6.07, 6.45) is -6.46. The maximum absolute atomic E-state index is 13.6. The molecule has 3 fully saturated rings. The molecule has 7 N–H and O–H groups in total. The Labute approximate surface area is 276 Å². The van der Waals surface area contributed by atoms with E-state index in [2.05, 4.69) is 5.32 Å². The van der Waals surface area contributed by atoms with Crippen LogP contribution in [0.3, 0.4) is 0 Å². The first-order valence-electron chi connectivity index (χ1n) is 15.7. The van der Waals surface area contributed by atoms with Crippen LogP contribution in [-0.4, -0.2) is 111 Å². The lowest BCUT2D eigenvalue weighted by Gasteiger charge is -2.41. The second-order valence-corrected chi connectivity index (χ2v) is 12.2. The first-order chi connectivity index (χ1) is 22.9. The molecule has 0 unspecified atom stereocenters. The number of ether oxygens (including phenoxy) is 5. The molecule has 5 rings (SSSR count). The summed E-state index contributed by atoms with van der Waals surface area (Å²) in [5, 5.41) is 65.9. The van der Waals surface area contributed by atoms with Crippen LogP contribution in [0.5, 0.6) is 17.2 Å². The van der Waals surface area contributed by atoms with Gasteiger partial charge in [-0.05, 0) is 79.5 Å². The fourth-order valence-electron chi connectivity index (χ4n) is 6.04. The zero-order valence-electron chi connectivity index (χ0n) is 26.7. The number of fused-ring (bicyclic) bond motifs is 1. The Morgan fingerprint density at radius 1 is 0.958 bits per heavy atom. The van der Waals surface area contributed by atoms with E-state index in [-0.39, 0.29) is 36.3 Å². The molecule has 1 saturated carbocycles. The van der Waals surface area contributed by atoms with Crippen molar-refractivity contribution in [1.29, 1.82) is 0 Å². The quantitative estimate of drug-likeness (QED) is 0.132. The summed E-state index contributed by atoms with van der Waals surface area (Å²) in [5.74, 6) is -0.816. The van der Waals surface area contributed by atoms with Crippen LogP contribution in [0.4, 0.5) is 4.39 Å². The molecule has 0 radical (unpaired) electrons. The summed E-state index contributed by atoms with van der Waals surface area (Å²) in [5.41, 5.74) is 1.88. The molecular weight excluding hydrogens is 633 g/mol. The third-order valence-corrected chi connectivity index (χ3v) is 8.72. The molecule has 1 aliphatic carbocycles. The molecule has 48 heavy (non-hydrogen) atoms. The standard InChI is InChI=1S/C34H42FNO12/c1-4-5-19-14-20(35)7-9-22(19)44-11-10-16(2)30-28(41)29(42)34(48-30)47-23-8-6-18(13-21(23)37)12-17(3)33(43)36-24-25(38)27(40)32-31(26(24)39)45-15-46-32/h6-10,12-14,24-32,34,37-42H,4-5,11,15H2,1-3H3,(H,36,43)/t24-,25+,26-,27-,28+,29+,30-,31+,32-,34-/m1/s1. The van der Waals surface area contributed by atoms with Crippen LogP contribution in [0, 0.1) is 5.82 Å². The molecule has 262 valence electrons. The van der Waals surface area contributed by atoms with E-state index in [1.165, 1.54) is 43.3 Å². The number of rotatable bonds is 11. The van der Waals surface area contributed by atoms with Crippen LogP contribution in [0.25, 0.3) is 6.08 Å².